The molecule has 0 bridgehead atoms. The van der Waals surface area contributed by atoms with Crippen LogP contribution >= 0.6 is 11.6 Å². The van der Waals surface area contributed by atoms with Crippen molar-refractivity contribution >= 4 is 23.3 Å². The minimum absolute atomic E-state index is 0.0183. The Hall–Kier alpha value is -2.14. The summed E-state index contributed by atoms with van der Waals surface area (Å²) in [6.07, 6.45) is 1.19. The van der Waals surface area contributed by atoms with E-state index in [4.69, 9.17) is 11.6 Å². The van der Waals surface area contributed by atoms with Crippen molar-refractivity contribution in [3.05, 3.63) is 51.9 Å². The predicted octanol–water partition coefficient (Wildman–Crippen LogP) is 3.37. The molecule has 1 amide bonds. The van der Waals surface area contributed by atoms with Gasteiger partial charge in [-0.2, -0.15) is 0 Å². The molecule has 6 heteroatoms. The van der Waals surface area contributed by atoms with Gasteiger partial charge in [-0.15, -0.1) is 0 Å². The summed E-state index contributed by atoms with van der Waals surface area (Å²) < 4.78 is 0. The van der Waals surface area contributed by atoms with E-state index in [1.807, 2.05) is 11.8 Å². The summed E-state index contributed by atoms with van der Waals surface area (Å²) in [6, 6.07) is 7.06. The van der Waals surface area contributed by atoms with Crippen LogP contribution in [0.4, 0.5) is 5.82 Å². The van der Waals surface area contributed by atoms with Crippen molar-refractivity contribution in [2.45, 2.75) is 32.9 Å². The Morgan fingerprint density at radius 1 is 1.29 bits per heavy atom. The minimum Gasteiger partial charge on any atom is -0.356 e. The first-order valence-electron chi connectivity index (χ1n) is 8.23. The molecule has 0 radical (unpaired) electrons. The van der Waals surface area contributed by atoms with Crippen LogP contribution in [0.3, 0.4) is 0 Å². The van der Waals surface area contributed by atoms with Crippen molar-refractivity contribution in [2.24, 2.45) is 0 Å². The smallest absolute Gasteiger partial charge is 0.254 e. The highest BCUT2D eigenvalue weighted by Gasteiger charge is 2.37. The molecule has 124 valence electrons. The molecular formula is C18H19ClN4O. The fraction of sp³-hybridized carbons (Fsp3) is 0.389. The van der Waals surface area contributed by atoms with E-state index in [2.05, 4.69) is 21.8 Å². The van der Waals surface area contributed by atoms with E-state index in [1.165, 1.54) is 6.42 Å². The summed E-state index contributed by atoms with van der Waals surface area (Å²) in [5.41, 5.74) is 2.67. The van der Waals surface area contributed by atoms with Gasteiger partial charge >= 0.3 is 0 Å². The molecule has 3 heterocycles. The Bertz CT molecular complexity index is 819. The maximum absolute atomic E-state index is 12.9. The molecule has 1 unspecified atom stereocenters. The van der Waals surface area contributed by atoms with Gasteiger partial charge in [0.15, 0.2) is 0 Å². The number of fused-ring (bicyclic) bond motifs is 1. The standard InChI is InChI=1S/C18H19ClN4O/c1-11-16-15(20-12(2)21-17(16)22-7-4-8-22)10-23(11)18(24)13-5-3-6-14(19)9-13/h3,5-6,9,11H,4,7-8,10H2,1-2H3. The van der Waals surface area contributed by atoms with Gasteiger partial charge in [-0.25, -0.2) is 9.97 Å². The van der Waals surface area contributed by atoms with Crippen LogP contribution in [-0.2, 0) is 6.54 Å². The van der Waals surface area contributed by atoms with Crippen LogP contribution in [0.25, 0.3) is 0 Å². The fourth-order valence-electron chi connectivity index (χ4n) is 3.43. The average Bonchev–Trinajstić information content (AvgIpc) is 2.81. The second kappa shape index (κ2) is 5.74. The van der Waals surface area contributed by atoms with Gasteiger partial charge < -0.3 is 9.80 Å². The average molecular weight is 343 g/mol. The lowest BCUT2D eigenvalue weighted by Gasteiger charge is -2.34. The number of carbonyl (C=O) groups is 1. The molecule has 0 N–H and O–H groups in total. The van der Waals surface area contributed by atoms with Crippen LogP contribution in [0.2, 0.25) is 5.02 Å². The van der Waals surface area contributed by atoms with E-state index in [0.717, 1.165) is 36.0 Å². The molecule has 1 aromatic carbocycles. The monoisotopic (exact) mass is 342 g/mol. The molecule has 4 rings (SSSR count). The normalized spacial score (nSPS) is 19.2. The fourth-order valence-corrected chi connectivity index (χ4v) is 3.62. The number of aryl methyl sites for hydroxylation is 1. The number of carbonyl (C=O) groups excluding carboxylic acids is 1. The predicted molar refractivity (Wildman–Crippen MR) is 93.3 cm³/mol. The molecule has 5 nitrogen and oxygen atoms in total. The Morgan fingerprint density at radius 3 is 2.75 bits per heavy atom. The number of amides is 1. The second-order valence-electron chi connectivity index (χ2n) is 6.41. The maximum atomic E-state index is 12.9. The van der Waals surface area contributed by atoms with Gasteiger partial charge in [0.1, 0.15) is 11.6 Å². The van der Waals surface area contributed by atoms with Crippen LogP contribution in [0, 0.1) is 6.92 Å². The number of aromatic nitrogens is 2. The van der Waals surface area contributed by atoms with E-state index in [-0.39, 0.29) is 11.9 Å². The van der Waals surface area contributed by atoms with Crippen molar-refractivity contribution in [1.29, 1.82) is 0 Å². The molecule has 1 fully saturated rings. The van der Waals surface area contributed by atoms with Gasteiger partial charge in [0, 0.05) is 29.2 Å². The summed E-state index contributed by atoms with van der Waals surface area (Å²) in [5.74, 6) is 1.74. The molecule has 2 aliphatic rings. The van der Waals surface area contributed by atoms with Gasteiger partial charge in [-0.05, 0) is 38.5 Å². The zero-order chi connectivity index (χ0) is 16.8. The molecule has 1 aromatic heterocycles. The first-order chi connectivity index (χ1) is 11.5. The quantitative estimate of drug-likeness (QED) is 0.839. The maximum Gasteiger partial charge on any atom is 0.254 e. The third-order valence-corrected chi connectivity index (χ3v) is 5.04. The molecule has 1 atom stereocenters. The largest absolute Gasteiger partial charge is 0.356 e. The number of halogens is 1. The van der Waals surface area contributed by atoms with Gasteiger partial charge in [-0.1, -0.05) is 17.7 Å². The van der Waals surface area contributed by atoms with Gasteiger partial charge in [0.05, 0.1) is 18.3 Å². The van der Waals surface area contributed by atoms with Crippen LogP contribution in [0.1, 0.15) is 46.8 Å². The molecule has 0 spiro atoms. The van der Waals surface area contributed by atoms with Crippen LogP contribution in [0.5, 0.6) is 0 Å². The highest BCUT2D eigenvalue weighted by Crippen LogP contribution is 2.40. The highest BCUT2D eigenvalue weighted by atomic mass is 35.5. The third-order valence-electron chi connectivity index (χ3n) is 4.81. The number of benzene rings is 1. The summed E-state index contributed by atoms with van der Waals surface area (Å²) in [4.78, 5) is 26.3. The zero-order valence-electron chi connectivity index (χ0n) is 13.8. The number of rotatable bonds is 2. The second-order valence-corrected chi connectivity index (χ2v) is 6.85. The molecule has 2 aromatic rings. The topological polar surface area (TPSA) is 49.3 Å². The number of nitrogens with zero attached hydrogens (tertiary/aromatic N) is 4. The molecule has 2 aliphatic heterocycles. The van der Waals surface area contributed by atoms with E-state index in [0.29, 0.717) is 17.1 Å². The van der Waals surface area contributed by atoms with E-state index >= 15 is 0 Å². The van der Waals surface area contributed by atoms with Gasteiger partial charge in [-0.3, -0.25) is 4.79 Å². The van der Waals surface area contributed by atoms with Gasteiger partial charge in [0.2, 0.25) is 0 Å². The van der Waals surface area contributed by atoms with E-state index in [9.17, 15) is 4.79 Å². The van der Waals surface area contributed by atoms with E-state index in [1.54, 1.807) is 24.3 Å². The molecular weight excluding hydrogens is 324 g/mol. The lowest BCUT2D eigenvalue weighted by Crippen LogP contribution is -2.39. The summed E-state index contributed by atoms with van der Waals surface area (Å²) in [6.45, 7) is 6.54. The lowest BCUT2D eigenvalue weighted by atomic mass is 10.1. The SMILES string of the molecule is Cc1nc2c(c(N3CCC3)n1)C(C)N(C(=O)c1cccc(Cl)c1)C2. The Labute approximate surface area is 146 Å². The number of hydrogen-bond acceptors (Lipinski definition) is 4. The Morgan fingerprint density at radius 2 is 2.08 bits per heavy atom. The molecule has 24 heavy (non-hydrogen) atoms. The van der Waals surface area contributed by atoms with Crippen molar-refractivity contribution in [3.8, 4) is 0 Å². The van der Waals surface area contributed by atoms with E-state index < -0.39 is 0 Å². The Balaban J connectivity index is 1.70. The van der Waals surface area contributed by atoms with Crippen molar-refractivity contribution in [1.82, 2.24) is 14.9 Å². The highest BCUT2D eigenvalue weighted by molar-refractivity contribution is 6.30. The zero-order valence-corrected chi connectivity index (χ0v) is 14.5. The molecule has 0 aliphatic carbocycles. The van der Waals surface area contributed by atoms with Crippen LogP contribution in [0.15, 0.2) is 24.3 Å². The van der Waals surface area contributed by atoms with Gasteiger partial charge in [0.25, 0.3) is 5.91 Å². The Kier molecular flexibility index (Phi) is 3.68. The van der Waals surface area contributed by atoms with Crippen LogP contribution in [-0.4, -0.2) is 33.9 Å². The van der Waals surface area contributed by atoms with Crippen LogP contribution < -0.4 is 4.90 Å². The molecule has 1 saturated heterocycles. The van der Waals surface area contributed by atoms with Crippen molar-refractivity contribution in [2.75, 3.05) is 18.0 Å². The van der Waals surface area contributed by atoms with Crippen molar-refractivity contribution in [3.63, 3.8) is 0 Å². The summed E-state index contributed by atoms with van der Waals surface area (Å²) >= 11 is 6.04. The summed E-state index contributed by atoms with van der Waals surface area (Å²) in [7, 11) is 0. The van der Waals surface area contributed by atoms with Crippen molar-refractivity contribution < 1.29 is 4.79 Å². The third kappa shape index (κ3) is 2.44. The minimum atomic E-state index is -0.0392. The molecule has 0 saturated carbocycles. The first kappa shape index (κ1) is 15.4. The first-order valence-corrected chi connectivity index (χ1v) is 8.61. The number of anilines is 1. The number of hydrogen-bond donors (Lipinski definition) is 0. The summed E-state index contributed by atoms with van der Waals surface area (Å²) in [5, 5.41) is 0.571. The lowest BCUT2D eigenvalue weighted by molar-refractivity contribution is 0.0704.